The van der Waals surface area contributed by atoms with E-state index in [1.54, 1.807) is 23.6 Å². The highest BCUT2D eigenvalue weighted by molar-refractivity contribution is 7.18. The van der Waals surface area contributed by atoms with Crippen molar-refractivity contribution in [2.45, 2.75) is 6.54 Å². The topological polar surface area (TPSA) is 67.4 Å². The average Bonchev–Trinajstić information content (AvgIpc) is 3.10. The van der Waals surface area contributed by atoms with Crippen LogP contribution in [0.15, 0.2) is 42.6 Å². The number of rotatable bonds is 4. The van der Waals surface area contributed by atoms with Gasteiger partial charge in [0.25, 0.3) is 5.91 Å². The second-order valence-corrected chi connectivity index (χ2v) is 6.85. The fourth-order valence-corrected chi connectivity index (χ4v) is 3.76. The van der Waals surface area contributed by atoms with Crippen LogP contribution in [0.25, 0.3) is 10.2 Å². The largest absolute Gasteiger partial charge is 0.378 e. The molecule has 7 heteroatoms. The number of nitrogens with one attached hydrogen (secondary N) is 1. The highest BCUT2D eigenvalue weighted by Gasteiger charge is 2.19. The minimum Gasteiger partial charge on any atom is -0.378 e. The summed E-state index contributed by atoms with van der Waals surface area (Å²) in [6.07, 6.45) is 1.72. The number of benzene rings is 1. The molecule has 128 valence electrons. The summed E-state index contributed by atoms with van der Waals surface area (Å²) in [5.41, 5.74) is 1.55. The average molecular weight is 354 g/mol. The molecule has 1 N–H and O–H groups in total. The maximum atomic E-state index is 12.7. The van der Waals surface area contributed by atoms with Crippen molar-refractivity contribution >= 4 is 33.3 Å². The van der Waals surface area contributed by atoms with Crippen molar-refractivity contribution < 1.29 is 9.53 Å². The lowest BCUT2D eigenvalue weighted by atomic mass is 10.2. The van der Waals surface area contributed by atoms with E-state index >= 15 is 0 Å². The molecular formula is C18H18N4O2S. The lowest BCUT2D eigenvalue weighted by molar-refractivity contribution is 0.0949. The molecule has 2 aromatic heterocycles. The summed E-state index contributed by atoms with van der Waals surface area (Å²) in [6, 6.07) is 11.6. The Morgan fingerprint density at radius 3 is 2.88 bits per heavy atom. The first-order valence-electron chi connectivity index (χ1n) is 8.21. The number of hydrogen-bond acceptors (Lipinski definition) is 6. The predicted molar refractivity (Wildman–Crippen MR) is 98.1 cm³/mol. The van der Waals surface area contributed by atoms with Crippen LogP contribution in [0.2, 0.25) is 0 Å². The van der Waals surface area contributed by atoms with Gasteiger partial charge < -0.3 is 15.0 Å². The van der Waals surface area contributed by atoms with Crippen LogP contribution in [0.4, 0.5) is 5.82 Å². The molecule has 0 unspecified atom stereocenters. The molecule has 1 aliphatic heterocycles. The van der Waals surface area contributed by atoms with E-state index in [1.807, 2.05) is 30.3 Å². The van der Waals surface area contributed by atoms with E-state index in [0.29, 0.717) is 31.1 Å². The van der Waals surface area contributed by atoms with Crippen molar-refractivity contribution in [2.75, 3.05) is 31.2 Å². The highest BCUT2D eigenvalue weighted by Crippen LogP contribution is 2.22. The molecule has 4 rings (SSSR count). The molecule has 3 aromatic rings. The van der Waals surface area contributed by atoms with E-state index in [4.69, 9.17) is 4.74 Å². The number of aromatic nitrogens is 2. The van der Waals surface area contributed by atoms with Gasteiger partial charge in [0.2, 0.25) is 0 Å². The summed E-state index contributed by atoms with van der Waals surface area (Å²) in [7, 11) is 0. The molecule has 1 aliphatic rings. The molecular weight excluding hydrogens is 336 g/mol. The third-order valence-electron chi connectivity index (χ3n) is 4.08. The highest BCUT2D eigenvalue weighted by atomic mass is 32.1. The zero-order valence-corrected chi connectivity index (χ0v) is 14.5. The quantitative estimate of drug-likeness (QED) is 0.779. The number of morpholine rings is 1. The van der Waals surface area contributed by atoms with E-state index in [0.717, 1.165) is 28.3 Å². The first kappa shape index (κ1) is 16.0. The maximum absolute atomic E-state index is 12.7. The van der Waals surface area contributed by atoms with Crippen LogP contribution in [0.3, 0.4) is 0 Å². The lowest BCUT2D eigenvalue weighted by Crippen LogP contribution is -2.38. The van der Waals surface area contributed by atoms with Crippen LogP contribution in [-0.2, 0) is 11.3 Å². The molecule has 1 amide bonds. The molecule has 0 atom stereocenters. The van der Waals surface area contributed by atoms with Gasteiger partial charge >= 0.3 is 0 Å². The van der Waals surface area contributed by atoms with Crippen LogP contribution < -0.4 is 10.2 Å². The van der Waals surface area contributed by atoms with Crippen LogP contribution in [0.5, 0.6) is 0 Å². The number of nitrogens with zero attached hydrogens (tertiary/aromatic N) is 3. The molecule has 1 fully saturated rings. The number of pyridine rings is 1. The summed E-state index contributed by atoms with van der Waals surface area (Å²) in [6.45, 7) is 3.21. The third kappa shape index (κ3) is 3.47. The standard InChI is InChI=1S/C18H18N4O2S/c23-18(20-12-16-21-14-5-1-2-6-15(14)25-16)13-4-3-7-19-17(13)22-8-10-24-11-9-22/h1-7H,8-12H2,(H,20,23). The smallest absolute Gasteiger partial charge is 0.255 e. The molecule has 0 saturated carbocycles. The summed E-state index contributed by atoms with van der Waals surface area (Å²) in [5, 5.41) is 3.86. The van der Waals surface area contributed by atoms with E-state index in [-0.39, 0.29) is 5.91 Å². The fraction of sp³-hybridized carbons (Fsp3) is 0.278. The Labute approximate surface area is 149 Å². The number of fused-ring (bicyclic) bond motifs is 1. The van der Waals surface area contributed by atoms with Gasteiger partial charge in [-0.25, -0.2) is 9.97 Å². The van der Waals surface area contributed by atoms with Gasteiger partial charge in [0.15, 0.2) is 0 Å². The van der Waals surface area contributed by atoms with Crippen molar-refractivity contribution in [1.82, 2.24) is 15.3 Å². The Hall–Kier alpha value is -2.51. The maximum Gasteiger partial charge on any atom is 0.255 e. The molecule has 1 aromatic carbocycles. The number of amides is 1. The SMILES string of the molecule is O=C(NCc1nc2ccccc2s1)c1cccnc1N1CCOCC1. The van der Waals surface area contributed by atoms with Gasteiger partial charge in [-0.15, -0.1) is 11.3 Å². The predicted octanol–water partition coefficient (Wildman–Crippen LogP) is 2.46. The van der Waals surface area contributed by atoms with E-state index in [9.17, 15) is 4.79 Å². The first-order valence-corrected chi connectivity index (χ1v) is 9.03. The number of anilines is 1. The molecule has 0 aliphatic carbocycles. The number of carbonyl (C=O) groups is 1. The van der Waals surface area contributed by atoms with Gasteiger partial charge in [0.05, 0.1) is 35.5 Å². The number of carbonyl (C=O) groups excluding carboxylic acids is 1. The minimum atomic E-state index is -0.131. The van der Waals surface area contributed by atoms with Crippen molar-refractivity contribution in [3.63, 3.8) is 0 Å². The van der Waals surface area contributed by atoms with Crippen molar-refractivity contribution in [3.05, 3.63) is 53.2 Å². The summed E-state index contributed by atoms with van der Waals surface area (Å²) >= 11 is 1.60. The molecule has 0 radical (unpaired) electrons. The Morgan fingerprint density at radius 2 is 2.04 bits per heavy atom. The first-order chi connectivity index (χ1) is 12.3. The van der Waals surface area contributed by atoms with Crippen LogP contribution >= 0.6 is 11.3 Å². The van der Waals surface area contributed by atoms with Crippen molar-refractivity contribution in [3.8, 4) is 0 Å². The number of ether oxygens (including phenoxy) is 1. The fourth-order valence-electron chi connectivity index (χ4n) is 2.85. The Balaban J connectivity index is 1.49. The van der Waals surface area contributed by atoms with Gasteiger partial charge in [-0.1, -0.05) is 12.1 Å². The molecule has 1 saturated heterocycles. The van der Waals surface area contributed by atoms with Gasteiger partial charge in [0.1, 0.15) is 10.8 Å². The lowest BCUT2D eigenvalue weighted by Gasteiger charge is -2.29. The summed E-state index contributed by atoms with van der Waals surface area (Å²) < 4.78 is 6.51. The second kappa shape index (κ2) is 7.16. The number of para-hydroxylation sites is 1. The number of hydrogen-bond donors (Lipinski definition) is 1. The Kier molecular flexibility index (Phi) is 4.58. The summed E-state index contributed by atoms with van der Waals surface area (Å²) in [5.74, 6) is 0.585. The molecule has 0 spiro atoms. The minimum absolute atomic E-state index is 0.131. The zero-order valence-electron chi connectivity index (χ0n) is 13.6. The monoisotopic (exact) mass is 354 g/mol. The van der Waals surface area contributed by atoms with Crippen molar-refractivity contribution in [1.29, 1.82) is 0 Å². The van der Waals surface area contributed by atoms with Gasteiger partial charge in [-0.05, 0) is 24.3 Å². The molecule has 3 heterocycles. The van der Waals surface area contributed by atoms with Gasteiger partial charge in [-0.3, -0.25) is 4.79 Å². The second-order valence-electron chi connectivity index (χ2n) is 5.73. The Morgan fingerprint density at radius 1 is 1.20 bits per heavy atom. The summed E-state index contributed by atoms with van der Waals surface area (Å²) in [4.78, 5) is 23.7. The van der Waals surface area contributed by atoms with Crippen LogP contribution in [0, 0.1) is 0 Å². The zero-order chi connectivity index (χ0) is 17.1. The number of thiazole rings is 1. The molecule has 0 bridgehead atoms. The van der Waals surface area contributed by atoms with E-state index in [2.05, 4.69) is 20.2 Å². The molecule has 25 heavy (non-hydrogen) atoms. The third-order valence-corrected chi connectivity index (χ3v) is 5.12. The Bertz CT molecular complexity index is 856. The van der Waals surface area contributed by atoms with E-state index in [1.165, 1.54) is 0 Å². The van der Waals surface area contributed by atoms with Gasteiger partial charge in [0, 0.05) is 19.3 Å². The van der Waals surface area contributed by atoms with E-state index < -0.39 is 0 Å². The normalized spacial score (nSPS) is 14.6. The van der Waals surface area contributed by atoms with Crippen LogP contribution in [-0.4, -0.2) is 42.2 Å². The van der Waals surface area contributed by atoms with Crippen LogP contribution in [0.1, 0.15) is 15.4 Å². The van der Waals surface area contributed by atoms with Gasteiger partial charge in [-0.2, -0.15) is 0 Å². The van der Waals surface area contributed by atoms with Crippen molar-refractivity contribution in [2.24, 2.45) is 0 Å². The molecule has 6 nitrogen and oxygen atoms in total.